The van der Waals surface area contributed by atoms with Crippen molar-refractivity contribution in [2.75, 3.05) is 13.7 Å². The number of rotatable bonds is 3. The van der Waals surface area contributed by atoms with E-state index in [0.29, 0.717) is 0 Å². The van der Waals surface area contributed by atoms with Crippen molar-refractivity contribution in [1.82, 2.24) is 15.5 Å². The van der Waals surface area contributed by atoms with Crippen LogP contribution in [-0.4, -0.2) is 23.9 Å². The summed E-state index contributed by atoms with van der Waals surface area (Å²) in [6.45, 7) is 1.73. The summed E-state index contributed by atoms with van der Waals surface area (Å²) in [4.78, 5) is 0. The lowest BCUT2D eigenvalue weighted by molar-refractivity contribution is 0.108. The van der Waals surface area contributed by atoms with Gasteiger partial charge in [0, 0.05) is 18.7 Å². The van der Waals surface area contributed by atoms with E-state index in [1.165, 1.54) is 5.56 Å². The molecular formula is C9H15N3O. The van der Waals surface area contributed by atoms with Gasteiger partial charge in [-0.05, 0) is 19.9 Å². The maximum atomic E-state index is 5.59. The molecule has 0 bridgehead atoms. The minimum Gasteiger partial charge on any atom is -0.372 e. The van der Waals surface area contributed by atoms with Gasteiger partial charge in [-0.2, -0.15) is 5.10 Å². The second-order valence-corrected chi connectivity index (χ2v) is 3.34. The van der Waals surface area contributed by atoms with Crippen LogP contribution in [0.4, 0.5) is 0 Å². The molecule has 0 amide bonds. The minimum absolute atomic E-state index is 0.242. The molecule has 1 atom stereocenters. The number of aromatic amines is 1. The van der Waals surface area contributed by atoms with Crippen molar-refractivity contribution < 1.29 is 4.74 Å². The van der Waals surface area contributed by atoms with Gasteiger partial charge >= 0.3 is 0 Å². The number of aromatic nitrogens is 2. The Kier molecular flexibility index (Phi) is 2.61. The Hall–Kier alpha value is -0.870. The van der Waals surface area contributed by atoms with Crippen LogP contribution in [0.25, 0.3) is 0 Å². The molecule has 0 radical (unpaired) electrons. The number of nitrogens with one attached hydrogen (secondary N) is 2. The third-order valence-electron chi connectivity index (χ3n) is 2.37. The van der Waals surface area contributed by atoms with Crippen molar-refractivity contribution in [3.8, 4) is 0 Å². The third kappa shape index (κ3) is 1.73. The van der Waals surface area contributed by atoms with E-state index < -0.39 is 0 Å². The van der Waals surface area contributed by atoms with Crippen molar-refractivity contribution in [3.05, 3.63) is 17.5 Å². The van der Waals surface area contributed by atoms with Crippen LogP contribution < -0.4 is 5.32 Å². The highest BCUT2D eigenvalue weighted by atomic mass is 16.5. The molecule has 0 spiro atoms. The van der Waals surface area contributed by atoms with E-state index >= 15 is 0 Å². The molecule has 1 saturated heterocycles. The Morgan fingerprint density at radius 3 is 3.38 bits per heavy atom. The normalized spacial score (nSPS) is 22.4. The topological polar surface area (TPSA) is 49.9 Å². The van der Waals surface area contributed by atoms with Crippen LogP contribution in [0.2, 0.25) is 0 Å². The molecule has 0 aliphatic carbocycles. The van der Waals surface area contributed by atoms with Gasteiger partial charge in [-0.1, -0.05) is 0 Å². The summed E-state index contributed by atoms with van der Waals surface area (Å²) in [5.41, 5.74) is 2.36. The average Bonchev–Trinajstić information content (AvgIpc) is 2.71. The van der Waals surface area contributed by atoms with Gasteiger partial charge in [0.25, 0.3) is 0 Å². The molecule has 1 aliphatic rings. The van der Waals surface area contributed by atoms with Crippen molar-refractivity contribution in [1.29, 1.82) is 0 Å². The lowest BCUT2D eigenvalue weighted by Gasteiger charge is -2.09. The van der Waals surface area contributed by atoms with Crippen LogP contribution in [0.15, 0.2) is 6.20 Å². The van der Waals surface area contributed by atoms with Gasteiger partial charge in [0.1, 0.15) is 0 Å². The molecule has 2 N–H and O–H groups in total. The second kappa shape index (κ2) is 3.89. The first-order valence-corrected chi connectivity index (χ1v) is 4.70. The third-order valence-corrected chi connectivity index (χ3v) is 2.37. The van der Waals surface area contributed by atoms with Gasteiger partial charge in [0.05, 0.1) is 18.0 Å². The van der Waals surface area contributed by atoms with Crippen LogP contribution in [0.5, 0.6) is 0 Å². The van der Waals surface area contributed by atoms with E-state index in [1.807, 2.05) is 13.2 Å². The first-order chi connectivity index (χ1) is 6.42. The van der Waals surface area contributed by atoms with Crippen molar-refractivity contribution in [3.63, 3.8) is 0 Å². The summed E-state index contributed by atoms with van der Waals surface area (Å²) >= 11 is 0. The molecule has 1 aromatic rings. The number of ether oxygens (including phenoxy) is 1. The number of hydrogen-bond acceptors (Lipinski definition) is 3. The first kappa shape index (κ1) is 8.72. The summed E-state index contributed by atoms with van der Waals surface area (Å²) in [7, 11) is 1.94. The Labute approximate surface area is 77.7 Å². The highest BCUT2D eigenvalue weighted by Gasteiger charge is 2.21. The largest absolute Gasteiger partial charge is 0.372 e. The standard InChI is InChI=1S/C9H15N3O/c1-10-5-7-6-11-12-9(7)8-3-2-4-13-8/h6,8,10H,2-5H2,1H3,(H,11,12). The SMILES string of the molecule is CNCc1cn[nH]c1C1CCCO1. The van der Waals surface area contributed by atoms with Crippen LogP contribution in [0.1, 0.15) is 30.2 Å². The highest BCUT2D eigenvalue weighted by molar-refractivity contribution is 5.19. The van der Waals surface area contributed by atoms with E-state index in [-0.39, 0.29) is 6.10 Å². The van der Waals surface area contributed by atoms with Gasteiger partial charge < -0.3 is 10.1 Å². The Morgan fingerprint density at radius 2 is 2.69 bits per heavy atom. The fourth-order valence-corrected chi connectivity index (χ4v) is 1.74. The van der Waals surface area contributed by atoms with Crippen LogP contribution >= 0.6 is 0 Å². The van der Waals surface area contributed by atoms with Gasteiger partial charge in [0.15, 0.2) is 0 Å². The zero-order valence-corrected chi connectivity index (χ0v) is 7.84. The predicted molar refractivity (Wildman–Crippen MR) is 49.3 cm³/mol. The fraction of sp³-hybridized carbons (Fsp3) is 0.667. The van der Waals surface area contributed by atoms with E-state index in [9.17, 15) is 0 Å². The monoisotopic (exact) mass is 181 g/mol. The summed E-state index contributed by atoms with van der Waals surface area (Å²) in [6, 6.07) is 0. The molecule has 13 heavy (non-hydrogen) atoms. The Bertz CT molecular complexity index is 266. The molecular weight excluding hydrogens is 166 g/mol. The smallest absolute Gasteiger partial charge is 0.0992 e. The molecule has 1 fully saturated rings. The summed E-state index contributed by atoms with van der Waals surface area (Å²) in [5.74, 6) is 0. The maximum Gasteiger partial charge on any atom is 0.0992 e. The molecule has 1 aliphatic heterocycles. The highest BCUT2D eigenvalue weighted by Crippen LogP contribution is 2.28. The first-order valence-electron chi connectivity index (χ1n) is 4.70. The number of hydrogen-bond donors (Lipinski definition) is 2. The summed E-state index contributed by atoms with van der Waals surface area (Å²) in [5, 5.41) is 10.2. The van der Waals surface area contributed by atoms with Crippen molar-refractivity contribution in [2.45, 2.75) is 25.5 Å². The summed E-state index contributed by atoms with van der Waals surface area (Å²) in [6.07, 6.45) is 4.38. The maximum absolute atomic E-state index is 5.59. The molecule has 0 saturated carbocycles. The average molecular weight is 181 g/mol. The van der Waals surface area contributed by atoms with Crippen LogP contribution in [0.3, 0.4) is 0 Å². The lowest BCUT2D eigenvalue weighted by atomic mass is 10.1. The molecule has 4 heteroatoms. The van der Waals surface area contributed by atoms with Crippen LogP contribution in [-0.2, 0) is 11.3 Å². The Morgan fingerprint density at radius 1 is 1.77 bits per heavy atom. The number of nitrogens with zero attached hydrogens (tertiary/aromatic N) is 1. The van der Waals surface area contributed by atoms with Crippen molar-refractivity contribution in [2.24, 2.45) is 0 Å². The summed E-state index contributed by atoms with van der Waals surface area (Å²) < 4.78 is 5.59. The van der Waals surface area contributed by atoms with Gasteiger partial charge in [0.2, 0.25) is 0 Å². The fourth-order valence-electron chi connectivity index (χ4n) is 1.74. The van der Waals surface area contributed by atoms with Gasteiger partial charge in [-0.15, -0.1) is 0 Å². The van der Waals surface area contributed by atoms with Gasteiger partial charge in [-0.25, -0.2) is 0 Å². The molecule has 72 valence electrons. The zero-order valence-electron chi connectivity index (χ0n) is 7.84. The van der Waals surface area contributed by atoms with E-state index in [1.54, 1.807) is 0 Å². The predicted octanol–water partition coefficient (Wildman–Crippen LogP) is 0.981. The molecule has 0 aromatic carbocycles. The zero-order chi connectivity index (χ0) is 9.10. The lowest BCUT2D eigenvalue weighted by Crippen LogP contribution is -2.08. The molecule has 1 unspecified atom stereocenters. The van der Waals surface area contributed by atoms with E-state index in [2.05, 4.69) is 15.5 Å². The van der Waals surface area contributed by atoms with E-state index in [0.717, 1.165) is 31.7 Å². The molecule has 2 rings (SSSR count). The van der Waals surface area contributed by atoms with Gasteiger partial charge in [-0.3, -0.25) is 5.10 Å². The second-order valence-electron chi connectivity index (χ2n) is 3.34. The molecule has 4 nitrogen and oxygen atoms in total. The Balaban J connectivity index is 2.13. The van der Waals surface area contributed by atoms with E-state index in [4.69, 9.17) is 4.74 Å². The number of H-pyrrole nitrogens is 1. The van der Waals surface area contributed by atoms with Crippen LogP contribution in [0, 0.1) is 0 Å². The molecule has 1 aromatic heterocycles. The quantitative estimate of drug-likeness (QED) is 0.730. The van der Waals surface area contributed by atoms with Crippen molar-refractivity contribution >= 4 is 0 Å². The minimum atomic E-state index is 0.242. The molecule has 2 heterocycles.